The number of carbonyl (C=O) groups is 1. The number of nitrogens with zero attached hydrogens (tertiary/aromatic N) is 2. The second kappa shape index (κ2) is 9.79. The highest BCUT2D eigenvalue weighted by atomic mass is 35.5. The van der Waals surface area contributed by atoms with Gasteiger partial charge in [-0.25, -0.2) is 0 Å². The van der Waals surface area contributed by atoms with Crippen molar-refractivity contribution in [3.8, 4) is 0 Å². The lowest BCUT2D eigenvalue weighted by molar-refractivity contribution is -0.146. The molecule has 0 bridgehead atoms. The smallest absolute Gasteiger partial charge is 0.253 e. The summed E-state index contributed by atoms with van der Waals surface area (Å²) in [6.45, 7) is 5.07. The van der Waals surface area contributed by atoms with E-state index in [1.165, 1.54) is 0 Å². The van der Waals surface area contributed by atoms with Crippen LogP contribution in [0.4, 0.5) is 0 Å². The van der Waals surface area contributed by atoms with Crippen LogP contribution in [-0.2, 0) is 9.53 Å². The first-order chi connectivity index (χ1) is 8.66. The summed E-state index contributed by atoms with van der Waals surface area (Å²) in [5.74, 6) is 0.903. The van der Waals surface area contributed by atoms with Crippen LogP contribution in [0, 0.1) is 5.92 Å². The molecule has 2 heterocycles. The summed E-state index contributed by atoms with van der Waals surface area (Å²) in [6.07, 6.45) is 1.97. The molecule has 2 aliphatic rings. The van der Waals surface area contributed by atoms with Gasteiger partial charge >= 0.3 is 0 Å². The molecule has 0 spiro atoms. The van der Waals surface area contributed by atoms with E-state index in [0.29, 0.717) is 13.2 Å². The molecule has 0 aromatic rings. The molecule has 7 heteroatoms. The van der Waals surface area contributed by atoms with Crippen LogP contribution >= 0.6 is 24.8 Å². The Morgan fingerprint density at radius 1 is 1.30 bits per heavy atom. The maximum Gasteiger partial charge on any atom is 0.253 e. The standard InChI is InChI=1S/C13H25N3O2.2ClH/c1-15(2)10-11-3-6-16(7-4-11)13(17)12-9-14-5-8-18-12;;/h11-12,14H,3-10H2,1-2H3;2*1H. The number of nitrogens with one attached hydrogen (secondary N) is 1. The van der Waals surface area contributed by atoms with Crippen LogP contribution in [0.5, 0.6) is 0 Å². The second-order valence-electron chi connectivity index (χ2n) is 5.59. The molecule has 2 aliphatic heterocycles. The maximum absolute atomic E-state index is 12.2. The lowest BCUT2D eigenvalue weighted by atomic mass is 9.96. The normalized spacial score (nSPS) is 23.9. The number of ether oxygens (including phenoxy) is 1. The fraction of sp³-hybridized carbons (Fsp3) is 0.923. The molecule has 1 unspecified atom stereocenters. The lowest BCUT2D eigenvalue weighted by Crippen LogP contribution is -2.51. The molecule has 2 fully saturated rings. The summed E-state index contributed by atoms with van der Waals surface area (Å²) in [5, 5.41) is 3.21. The van der Waals surface area contributed by atoms with Gasteiger partial charge in [0.15, 0.2) is 0 Å². The third-order valence-electron chi connectivity index (χ3n) is 3.75. The minimum Gasteiger partial charge on any atom is -0.366 e. The molecular formula is C13H27Cl2N3O2. The first-order valence-corrected chi connectivity index (χ1v) is 6.92. The van der Waals surface area contributed by atoms with Crippen LogP contribution in [0.15, 0.2) is 0 Å². The number of carbonyl (C=O) groups excluding carboxylic acids is 1. The zero-order valence-corrected chi connectivity index (χ0v) is 14.0. The van der Waals surface area contributed by atoms with E-state index >= 15 is 0 Å². The van der Waals surface area contributed by atoms with Crippen molar-refractivity contribution in [2.24, 2.45) is 5.92 Å². The van der Waals surface area contributed by atoms with E-state index in [-0.39, 0.29) is 36.8 Å². The molecule has 0 aromatic carbocycles. The zero-order chi connectivity index (χ0) is 13.0. The van der Waals surface area contributed by atoms with Crippen molar-refractivity contribution in [3.63, 3.8) is 0 Å². The average Bonchev–Trinajstić information content (AvgIpc) is 2.39. The van der Waals surface area contributed by atoms with Crippen LogP contribution in [-0.4, -0.2) is 75.2 Å². The van der Waals surface area contributed by atoms with Crippen LogP contribution in [0.25, 0.3) is 0 Å². The van der Waals surface area contributed by atoms with Crippen molar-refractivity contribution in [3.05, 3.63) is 0 Å². The number of rotatable bonds is 3. The van der Waals surface area contributed by atoms with Gasteiger partial charge in [-0.3, -0.25) is 4.79 Å². The lowest BCUT2D eigenvalue weighted by Gasteiger charge is -2.36. The third-order valence-corrected chi connectivity index (χ3v) is 3.75. The van der Waals surface area contributed by atoms with Crippen molar-refractivity contribution in [1.29, 1.82) is 0 Å². The molecule has 2 rings (SSSR count). The third kappa shape index (κ3) is 5.74. The van der Waals surface area contributed by atoms with Crippen molar-refractivity contribution in [2.75, 3.05) is 53.4 Å². The van der Waals surface area contributed by atoms with Crippen LogP contribution in [0.2, 0.25) is 0 Å². The van der Waals surface area contributed by atoms with Gasteiger partial charge < -0.3 is 19.9 Å². The van der Waals surface area contributed by atoms with E-state index in [1.54, 1.807) is 0 Å². The Bertz CT molecular complexity index is 279. The summed E-state index contributed by atoms with van der Waals surface area (Å²) in [5.41, 5.74) is 0. The minimum absolute atomic E-state index is 0. The molecule has 0 aliphatic carbocycles. The summed E-state index contributed by atoms with van der Waals surface area (Å²) in [7, 11) is 4.22. The fourth-order valence-corrected chi connectivity index (χ4v) is 2.78. The SMILES string of the molecule is CN(C)CC1CCN(C(=O)C2CNCCO2)CC1.Cl.Cl. The van der Waals surface area contributed by atoms with Gasteiger partial charge in [0.1, 0.15) is 6.10 Å². The summed E-state index contributed by atoms with van der Waals surface area (Å²) in [4.78, 5) is 16.4. The first kappa shape index (κ1) is 19.9. The molecule has 1 N–H and O–H groups in total. The largest absolute Gasteiger partial charge is 0.366 e. The molecule has 5 nitrogen and oxygen atoms in total. The van der Waals surface area contributed by atoms with E-state index in [4.69, 9.17) is 4.74 Å². The van der Waals surface area contributed by atoms with Crippen molar-refractivity contribution in [2.45, 2.75) is 18.9 Å². The van der Waals surface area contributed by atoms with E-state index in [1.807, 2.05) is 4.90 Å². The van der Waals surface area contributed by atoms with Gasteiger partial charge in [-0.05, 0) is 32.9 Å². The Balaban J connectivity index is 0.00000180. The van der Waals surface area contributed by atoms with Crippen LogP contribution < -0.4 is 5.32 Å². The molecule has 0 aromatic heterocycles. The maximum atomic E-state index is 12.2. The summed E-state index contributed by atoms with van der Waals surface area (Å²) in [6, 6.07) is 0. The quantitative estimate of drug-likeness (QED) is 0.825. The van der Waals surface area contributed by atoms with Gasteiger partial charge in [-0.1, -0.05) is 0 Å². The number of hydrogen-bond donors (Lipinski definition) is 1. The number of morpholine rings is 1. The molecule has 0 radical (unpaired) electrons. The monoisotopic (exact) mass is 327 g/mol. The first-order valence-electron chi connectivity index (χ1n) is 6.92. The van der Waals surface area contributed by atoms with Gasteiger partial charge in [0.25, 0.3) is 5.91 Å². The zero-order valence-electron chi connectivity index (χ0n) is 12.3. The van der Waals surface area contributed by atoms with Crippen LogP contribution in [0.3, 0.4) is 0 Å². The van der Waals surface area contributed by atoms with E-state index < -0.39 is 0 Å². The fourth-order valence-electron chi connectivity index (χ4n) is 2.78. The molecule has 1 atom stereocenters. The predicted molar refractivity (Wildman–Crippen MR) is 85.0 cm³/mol. The Labute approximate surface area is 134 Å². The average molecular weight is 328 g/mol. The summed E-state index contributed by atoms with van der Waals surface area (Å²) >= 11 is 0. The van der Waals surface area contributed by atoms with E-state index in [0.717, 1.165) is 44.9 Å². The number of likely N-dealkylation sites (tertiary alicyclic amines) is 1. The highest BCUT2D eigenvalue weighted by Crippen LogP contribution is 2.19. The Hall–Kier alpha value is -0.0700. The number of piperidine rings is 1. The minimum atomic E-state index is -0.260. The molecule has 1 amide bonds. The van der Waals surface area contributed by atoms with Crippen molar-refractivity contribution in [1.82, 2.24) is 15.1 Å². The van der Waals surface area contributed by atoms with E-state index in [2.05, 4.69) is 24.3 Å². The van der Waals surface area contributed by atoms with E-state index in [9.17, 15) is 4.79 Å². The highest BCUT2D eigenvalue weighted by molar-refractivity contribution is 5.85. The molecule has 120 valence electrons. The second-order valence-corrected chi connectivity index (χ2v) is 5.59. The molecular weight excluding hydrogens is 301 g/mol. The molecule has 2 saturated heterocycles. The topological polar surface area (TPSA) is 44.8 Å². The van der Waals surface area contributed by atoms with Gasteiger partial charge in [0.05, 0.1) is 6.61 Å². The Kier molecular flexibility index (Phi) is 9.76. The number of amides is 1. The van der Waals surface area contributed by atoms with Crippen LogP contribution in [0.1, 0.15) is 12.8 Å². The molecule has 0 saturated carbocycles. The van der Waals surface area contributed by atoms with Gasteiger partial charge in [0.2, 0.25) is 0 Å². The van der Waals surface area contributed by atoms with Gasteiger partial charge in [0, 0.05) is 32.7 Å². The van der Waals surface area contributed by atoms with Gasteiger partial charge in [-0.15, -0.1) is 24.8 Å². The number of halogens is 2. The molecule has 20 heavy (non-hydrogen) atoms. The van der Waals surface area contributed by atoms with Crippen molar-refractivity contribution >= 4 is 30.7 Å². The summed E-state index contributed by atoms with van der Waals surface area (Å²) < 4.78 is 5.52. The van der Waals surface area contributed by atoms with Gasteiger partial charge in [-0.2, -0.15) is 0 Å². The highest BCUT2D eigenvalue weighted by Gasteiger charge is 2.29. The van der Waals surface area contributed by atoms with Crippen molar-refractivity contribution < 1.29 is 9.53 Å². The Morgan fingerprint density at radius 2 is 1.95 bits per heavy atom. The number of hydrogen-bond acceptors (Lipinski definition) is 4. The predicted octanol–water partition coefficient (Wildman–Crippen LogP) is 0.619. The Morgan fingerprint density at radius 3 is 2.45 bits per heavy atom.